The van der Waals surface area contributed by atoms with E-state index < -0.39 is 33.1 Å². The molecule has 0 saturated carbocycles. The number of pyridine rings is 2. The van der Waals surface area contributed by atoms with Crippen LogP contribution >= 0.6 is 0 Å². The van der Waals surface area contributed by atoms with Gasteiger partial charge in [0.15, 0.2) is 0 Å². The molecule has 2 aliphatic heterocycles. The normalized spacial score (nSPS) is 16.8. The van der Waals surface area contributed by atoms with Crippen LogP contribution in [0.15, 0.2) is 73.8 Å². The van der Waals surface area contributed by atoms with Gasteiger partial charge >= 0.3 is 0 Å². The fourth-order valence-electron chi connectivity index (χ4n) is 7.89. The molecule has 15 heteroatoms. The molecule has 0 amide bonds. The lowest BCUT2D eigenvalue weighted by Crippen LogP contribution is -2.75. The summed E-state index contributed by atoms with van der Waals surface area (Å²) < 4.78 is 20.3. The van der Waals surface area contributed by atoms with E-state index in [2.05, 4.69) is 89.6 Å². The fraction of sp³-hybridized carbons (Fsp3) is 0.475. The number of nitrogens with one attached hydrogen (secondary N) is 2. The van der Waals surface area contributed by atoms with Crippen molar-refractivity contribution in [2.75, 3.05) is 39.4 Å². The Hall–Kier alpha value is -4.44. The van der Waals surface area contributed by atoms with Crippen LogP contribution in [0.2, 0.25) is 51.4 Å². The predicted molar refractivity (Wildman–Crippen MR) is 221 cm³/mol. The summed E-state index contributed by atoms with van der Waals surface area (Å²) >= 11 is 0. The van der Waals surface area contributed by atoms with Crippen molar-refractivity contribution in [1.29, 1.82) is 5.26 Å². The van der Waals surface area contributed by atoms with Crippen LogP contribution in [0.4, 0.5) is 0 Å². The van der Waals surface area contributed by atoms with Gasteiger partial charge in [0.25, 0.3) is 0 Å². The van der Waals surface area contributed by atoms with E-state index in [1.807, 2.05) is 58.7 Å². The van der Waals surface area contributed by atoms with Crippen molar-refractivity contribution in [2.45, 2.75) is 75.9 Å². The van der Waals surface area contributed by atoms with Crippen molar-refractivity contribution in [3.63, 3.8) is 0 Å². The number of fused-ring (bicyclic) bond motifs is 2. The van der Waals surface area contributed by atoms with E-state index in [1.54, 1.807) is 0 Å². The van der Waals surface area contributed by atoms with E-state index in [0.717, 1.165) is 69.6 Å². The number of aromatic nitrogens is 8. The maximum absolute atomic E-state index is 11.0. The lowest BCUT2D eigenvalue weighted by atomic mass is 9.66. The zero-order valence-electron chi connectivity index (χ0n) is 32.9. The molecule has 8 rings (SSSR count). The Morgan fingerprint density at radius 3 is 1.51 bits per heavy atom. The lowest BCUT2D eigenvalue weighted by Gasteiger charge is -2.55. The maximum atomic E-state index is 11.0. The first kappa shape index (κ1) is 37.5. The highest BCUT2D eigenvalue weighted by molar-refractivity contribution is 6.76. The standard InChI is InChI=1S/C40H53N11O2Si2/c1-54(2,3)17-15-52-28-48-13-9-34-32(7-11-44-37(34)48)30-20-46-50(22-30)39(24-42-25-39)36(19-41)40(26-43-27-40)51-23-31(21-47-51)33-8-12-45-38-35(33)10-14-49(38)29-53-16-18-55(4,5)6/h7-14,20-23,36,42-43H,15-18,24-29H2,1-6H3. The number of hydrogen-bond donors (Lipinski definition) is 2. The van der Waals surface area contributed by atoms with Crippen molar-refractivity contribution >= 4 is 38.2 Å². The Morgan fingerprint density at radius 2 is 1.15 bits per heavy atom. The third-order valence-corrected chi connectivity index (χ3v) is 14.8. The molecular formula is C40H53N11O2Si2. The van der Waals surface area contributed by atoms with Gasteiger partial charge in [-0.05, 0) is 47.5 Å². The molecule has 0 aromatic carbocycles. The van der Waals surface area contributed by atoms with Crippen LogP contribution in [-0.2, 0) is 34.0 Å². The molecule has 6 aromatic rings. The first-order valence-corrected chi connectivity index (χ1v) is 26.8. The van der Waals surface area contributed by atoms with Gasteiger partial charge in [0.05, 0.1) is 18.5 Å². The van der Waals surface area contributed by atoms with Crippen LogP contribution in [0.5, 0.6) is 0 Å². The van der Waals surface area contributed by atoms with E-state index >= 15 is 0 Å². The van der Waals surface area contributed by atoms with Crippen LogP contribution in [0.3, 0.4) is 0 Å². The number of ether oxygens (including phenoxy) is 2. The predicted octanol–water partition coefficient (Wildman–Crippen LogP) is 6.17. The largest absolute Gasteiger partial charge is 0.361 e. The smallest absolute Gasteiger partial charge is 0.142 e. The lowest BCUT2D eigenvalue weighted by molar-refractivity contribution is -0.0132. The van der Waals surface area contributed by atoms with E-state index in [4.69, 9.17) is 29.6 Å². The second-order valence-corrected chi connectivity index (χ2v) is 29.0. The zero-order valence-corrected chi connectivity index (χ0v) is 34.9. The second-order valence-electron chi connectivity index (χ2n) is 17.8. The highest BCUT2D eigenvalue weighted by Gasteiger charge is 2.60. The van der Waals surface area contributed by atoms with Gasteiger partial charge in [0, 0.05) is 115 Å². The van der Waals surface area contributed by atoms with Crippen LogP contribution in [0.25, 0.3) is 44.3 Å². The minimum Gasteiger partial charge on any atom is -0.361 e. The number of nitrogens with zero attached hydrogens (tertiary/aromatic N) is 9. The van der Waals surface area contributed by atoms with E-state index in [9.17, 15) is 5.26 Å². The van der Waals surface area contributed by atoms with Crippen LogP contribution < -0.4 is 10.6 Å². The van der Waals surface area contributed by atoms with Crippen LogP contribution in [-0.4, -0.2) is 94.2 Å². The van der Waals surface area contributed by atoms with Crippen molar-refractivity contribution in [2.24, 2.45) is 5.92 Å². The molecule has 0 spiro atoms. The summed E-state index contributed by atoms with van der Waals surface area (Å²) in [6.45, 7) is 19.2. The van der Waals surface area contributed by atoms with Gasteiger partial charge in [-0.2, -0.15) is 15.5 Å². The Balaban J connectivity index is 1.04. The monoisotopic (exact) mass is 775 g/mol. The Kier molecular flexibility index (Phi) is 9.93. The third-order valence-electron chi connectivity index (χ3n) is 11.4. The molecule has 55 heavy (non-hydrogen) atoms. The number of rotatable bonds is 16. The molecule has 288 valence electrons. The molecule has 0 atom stereocenters. The summed E-state index contributed by atoms with van der Waals surface area (Å²) in [6, 6.07) is 13.3. The van der Waals surface area contributed by atoms with Gasteiger partial charge < -0.3 is 29.2 Å². The minimum absolute atomic E-state index is 0.415. The van der Waals surface area contributed by atoms with Gasteiger partial charge in [-0.25, -0.2) is 9.97 Å². The van der Waals surface area contributed by atoms with Gasteiger partial charge in [-0.3, -0.25) is 9.36 Å². The second kappa shape index (κ2) is 14.6. The van der Waals surface area contributed by atoms with Crippen LogP contribution in [0.1, 0.15) is 0 Å². The molecule has 6 aromatic heterocycles. The minimum atomic E-state index is -1.17. The fourth-order valence-corrected chi connectivity index (χ4v) is 9.40. The topological polar surface area (TPSA) is 138 Å². The molecule has 0 radical (unpaired) electrons. The van der Waals surface area contributed by atoms with E-state index in [0.29, 0.717) is 39.6 Å². The highest BCUT2D eigenvalue weighted by Crippen LogP contribution is 2.44. The summed E-state index contributed by atoms with van der Waals surface area (Å²) in [5.74, 6) is -0.415. The van der Waals surface area contributed by atoms with Crippen molar-refractivity contribution in [1.82, 2.24) is 49.3 Å². The molecule has 2 fully saturated rings. The first-order valence-electron chi connectivity index (χ1n) is 19.4. The molecule has 0 bridgehead atoms. The molecule has 2 aliphatic rings. The molecule has 0 aliphatic carbocycles. The quantitative estimate of drug-likeness (QED) is 0.0873. The SMILES string of the molecule is C[Si](C)(C)CCOCn1ccc2c(-c3cnn(C4(C(C#N)C5(n6cc(-c7ccnc8c7ccn8COCC[Si](C)(C)C)cn6)CNC5)CNC4)c3)ccnc21. The van der Waals surface area contributed by atoms with Crippen molar-refractivity contribution in [3.05, 3.63) is 73.8 Å². The van der Waals surface area contributed by atoms with Gasteiger partial charge in [0.2, 0.25) is 0 Å². The van der Waals surface area contributed by atoms with Gasteiger partial charge in [0.1, 0.15) is 41.8 Å². The Bertz CT molecular complexity index is 2170. The average Bonchev–Trinajstić information content (AvgIpc) is 3.93. The summed E-state index contributed by atoms with van der Waals surface area (Å²) in [6.07, 6.45) is 15.8. The van der Waals surface area contributed by atoms with Crippen LogP contribution in [0, 0.1) is 17.2 Å². The van der Waals surface area contributed by atoms with Gasteiger partial charge in [-0.1, -0.05) is 39.3 Å². The number of hydrogen-bond acceptors (Lipinski definition) is 9. The maximum Gasteiger partial charge on any atom is 0.142 e. The molecule has 2 N–H and O–H groups in total. The average molecular weight is 776 g/mol. The molecule has 2 saturated heterocycles. The Labute approximate surface area is 324 Å². The summed E-state index contributed by atoms with van der Waals surface area (Å²) in [5.41, 5.74) is 4.75. The highest BCUT2D eigenvalue weighted by atomic mass is 28.3. The summed E-state index contributed by atoms with van der Waals surface area (Å²) in [5, 5.41) is 30.0. The van der Waals surface area contributed by atoms with Crippen molar-refractivity contribution in [3.8, 4) is 28.3 Å². The molecule has 0 unspecified atom stereocenters. The van der Waals surface area contributed by atoms with E-state index in [1.165, 1.54) is 0 Å². The number of nitriles is 1. The first-order chi connectivity index (χ1) is 26.4. The summed E-state index contributed by atoms with van der Waals surface area (Å²) in [4.78, 5) is 9.43. The Morgan fingerprint density at radius 1 is 0.709 bits per heavy atom. The summed E-state index contributed by atoms with van der Waals surface area (Å²) in [7, 11) is -2.33. The zero-order chi connectivity index (χ0) is 38.4. The van der Waals surface area contributed by atoms with E-state index in [-0.39, 0.29) is 0 Å². The molecule has 8 heterocycles. The third kappa shape index (κ3) is 7.11. The van der Waals surface area contributed by atoms with Gasteiger partial charge in [-0.15, -0.1) is 0 Å². The molecule has 13 nitrogen and oxygen atoms in total. The molecular weight excluding hydrogens is 723 g/mol. The van der Waals surface area contributed by atoms with Crippen molar-refractivity contribution < 1.29 is 9.47 Å².